The molecule has 5 unspecified atom stereocenters. The number of ether oxygens (including phenoxy) is 5. The zero-order valence-electron chi connectivity index (χ0n) is 35.0. The van der Waals surface area contributed by atoms with Crippen molar-refractivity contribution in [3.05, 3.63) is 0 Å². The smallest absolute Gasteiger partial charge is 0.270 e. The molecule has 0 aliphatic carbocycles. The molecule has 0 saturated carbocycles. The molecule has 1 fully saturated rings. The Balaban J connectivity index is 2.58. The first kappa shape index (κ1) is 46.8. The first-order valence-electron chi connectivity index (χ1n) is 19.4. The lowest BCUT2D eigenvalue weighted by Crippen LogP contribution is -2.59. The van der Waals surface area contributed by atoms with Crippen molar-refractivity contribution in [1.82, 2.24) is 13.6 Å². The molecule has 304 valence electrons. The van der Waals surface area contributed by atoms with Gasteiger partial charge in [0.05, 0.1) is 31.0 Å². The lowest BCUT2D eigenvalue weighted by Gasteiger charge is -2.45. The summed E-state index contributed by atoms with van der Waals surface area (Å²) in [5, 5.41) is 0. The van der Waals surface area contributed by atoms with Gasteiger partial charge in [0, 0.05) is 25.2 Å². The van der Waals surface area contributed by atoms with Gasteiger partial charge in [-0.15, -0.1) is 4.37 Å². The van der Waals surface area contributed by atoms with Gasteiger partial charge in [-0.1, -0.05) is 34.6 Å². The van der Waals surface area contributed by atoms with Crippen molar-refractivity contribution in [2.75, 3.05) is 44.4 Å². The third-order valence-electron chi connectivity index (χ3n) is 11.0. The zero-order chi connectivity index (χ0) is 40.4. The van der Waals surface area contributed by atoms with Gasteiger partial charge >= 0.3 is 0 Å². The summed E-state index contributed by atoms with van der Waals surface area (Å²) in [5.74, 6) is 0.270. The predicted molar refractivity (Wildman–Crippen MR) is 207 cm³/mol. The number of rotatable bonds is 24. The molecular weight excluding hydrogens is 701 g/mol. The van der Waals surface area contributed by atoms with E-state index in [4.69, 9.17) is 23.7 Å². The number of carbonyl (C=O) groups excluding carboxylic acids is 4. The van der Waals surface area contributed by atoms with Crippen LogP contribution in [0.15, 0.2) is 0 Å². The SMILES string of the molecule is CCC(C(=O)C(C)OC(C)(CC)C(C)=O)N(C[C@@H](COc1nsnc1N1CCOCC1)OC(CC)(CC)C(=O)C(C)OC(C)(CC)C(C)=O)C(C)(C)C. The maximum Gasteiger partial charge on any atom is 0.270 e. The van der Waals surface area contributed by atoms with Crippen molar-refractivity contribution in [2.45, 2.75) is 176 Å². The van der Waals surface area contributed by atoms with Gasteiger partial charge in [0.1, 0.15) is 41.7 Å². The Hall–Kier alpha value is -2.36. The molecular formula is C39H68N4O9S. The standard InChI is InChI=1S/C39H68N4O9S/c1-15-31(32(46)26(6)50-37(13,16-2)28(8)44)43(36(10,11)12)24-30(25-49-35-34(40-53-41-35)42-20-22-48-23-21-42)52-39(18-4,19-5)33(47)27(7)51-38(14,17-3)29(9)45/h26-27,30-31H,15-25H2,1-14H3/t26?,27?,30-,31?,37?,38?/m0/s1. The minimum atomic E-state index is -1.29. The van der Waals surface area contributed by atoms with E-state index in [9.17, 15) is 19.2 Å². The summed E-state index contributed by atoms with van der Waals surface area (Å²) in [6.07, 6.45) is -0.536. The maximum atomic E-state index is 14.4. The number of hydrogen-bond acceptors (Lipinski definition) is 14. The van der Waals surface area contributed by atoms with E-state index >= 15 is 0 Å². The molecule has 2 heterocycles. The Morgan fingerprint density at radius 3 is 1.79 bits per heavy atom. The van der Waals surface area contributed by atoms with E-state index in [1.807, 2.05) is 55.4 Å². The number of ketones is 4. The van der Waals surface area contributed by atoms with Gasteiger partial charge < -0.3 is 28.6 Å². The topological polar surface area (TPSA) is 147 Å². The number of morpholine rings is 1. The lowest BCUT2D eigenvalue weighted by molar-refractivity contribution is -0.182. The molecule has 0 amide bonds. The van der Waals surface area contributed by atoms with Crippen LogP contribution in [0.3, 0.4) is 0 Å². The Morgan fingerprint density at radius 1 is 0.811 bits per heavy atom. The summed E-state index contributed by atoms with van der Waals surface area (Å²) >= 11 is 1.05. The van der Waals surface area contributed by atoms with Crippen molar-refractivity contribution < 1.29 is 42.9 Å². The second kappa shape index (κ2) is 20.0. The predicted octanol–water partition coefficient (Wildman–Crippen LogP) is 6.04. The summed E-state index contributed by atoms with van der Waals surface area (Å²) < 4.78 is 40.2. The highest BCUT2D eigenvalue weighted by atomic mass is 32.1. The molecule has 0 aromatic carbocycles. The maximum absolute atomic E-state index is 14.4. The molecule has 2 rings (SSSR count). The summed E-state index contributed by atoms with van der Waals surface area (Å²) in [5.41, 5.74) is -4.04. The fourth-order valence-corrected chi connectivity index (χ4v) is 7.22. The number of Topliss-reactive ketones (excluding diaryl/α,β-unsaturated/α-hetero) is 4. The fourth-order valence-electron chi connectivity index (χ4n) is 6.70. The van der Waals surface area contributed by atoms with Crippen LogP contribution < -0.4 is 9.64 Å². The van der Waals surface area contributed by atoms with Crippen LogP contribution in [-0.4, -0.2) is 123 Å². The van der Waals surface area contributed by atoms with Gasteiger partial charge in [0.15, 0.2) is 23.1 Å². The van der Waals surface area contributed by atoms with E-state index in [0.717, 1.165) is 11.7 Å². The highest BCUT2D eigenvalue weighted by molar-refractivity contribution is 6.99. The summed E-state index contributed by atoms with van der Waals surface area (Å²) in [6, 6.07) is -0.606. The molecule has 1 aliphatic rings. The first-order chi connectivity index (χ1) is 24.7. The van der Waals surface area contributed by atoms with Crippen LogP contribution in [0.2, 0.25) is 0 Å². The van der Waals surface area contributed by atoms with Crippen LogP contribution in [0.25, 0.3) is 0 Å². The van der Waals surface area contributed by atoms with Crippen LogP contribution in [-0.2, 0) is 38.1 Å². The average molecular weight is 769 g/mol. The van der Waals surface area contributed by atoms with Crippen molar-refractivity contribution in [3.8, 4) is 5.88 Å². The highest BCUT2D eigenvalue weighted by Crippen LogP contribution is 2.33. The molecule has 1 saturated heterocycles. The molecule has 0 N–H and O–H groups in total. The quantitative estimate of drug-likeness (QED) is 0.121. The number of carbonyl (C=O) groups is 4. The van der Waals surface area contributed by atoms with Gasteiger partial charge in [0.2, 0.25) is 5.82 Å². The second-order valence-corrected chi connectivity index (χ2v) is 16.1. The van der Waals surface area contributed by atoms with E-state index in [0.29, 0.717) is 70.1 Å². The number of hydrogen-bond donors (Lipinski definition) is 0. The highest BCUT2D eigenvalue weighted by Gasteiger charge is 2.46. The van der Waals surface area contributed by atoms with Gasteiger partial charge in [-0.2, -0.15) is 4.37 Å². The van der Waals surface area contributed by atoms with Crippen molar-refractivity contribution in [3.63, 3.8) is 0 Å². The van der Waals surface area contributed by atoms with Gasteiger partial charge in [-0.25, -0.2) is 0 Å². The Bertz CT molecular complexity index is 1360. The van der Waals surface area contributed by atoms with Crippen LogP contribution in [0, 0.1) is 0 Å². The monoisotopic (exact) mass is 768 g/mol. The van der Waals surface area contributed by atoms with E-state index in [1.54, 1.807) is 27.7 Å². The van der Waals surface area contributed by atoms with Crippen LogP contribution >= 0.6 is 11.7 Å². The zero-order valence-corrected chi connectivity index (χ0v) is 35.8. The molecule has 0 bridgehead atoms. The molecule has 53 heavy (non-hydrogen) atoms. The molecule has 6 atom stereocenters. The van der Waals surface area contributed by atoms with Gasteiger partial charge in [-0.3, -0.25) is 24.1 Å². The van der Waals surface area contributed by atoms with Crippen LogP contribution in [0.5, 0.6) is 5.88 Å². The van der Waals surface area contributed by atoms with Crippen molar-refractivity contribution in [1.29, 1.82) is 0 Å². The normalized spacial score (nSPS) is 18.8. The minimum absolute atomic E-state index is 0.00857. The van der Waals surface area contributed by atoms with Crippen molar-refractivity contribution >= 4 is 40.7 Å². The number of aromatic nitrogens is 2. The fraction of sp³-hybridized carbons (Fsp3) is 0.846. The van der Waals surface area contributed by atoms with Crippen molar-refractivity contribution in [2.24, 2.45) is 0 Å². The molecule has 0 radical (unpaired) electrons. The van der Waals surface area contributed by atoms with Gasteiger partial charge in [-0.05, 0) is 94.4 Å². The van der Waals surface area contributed by atoms with Gasteiger partial charge in [0.25, 0.3) is 5.88 Å². The lowest BCUT2D eigenvalue weighted by atomic mass is 9.87. The first-order valence-corrected chi connectivity index (χ1v) is 20.1. The van der Waals surface area contributed by atoms with Crippen LogP contribution in [0.1, 0.15) is 129 Å². The van der Waals surface area contributed by atoms with E-state index in [2.05, 4.69) is 18.5 Å². The summed E-state index contributed by atoms with van der Waals surface area (Å²) in [6.45, 7) is 28.0. The third kappa shape index (κ3) is 11.8. The minimum Gasteiger partial charge on any atom is -0.472 e. The second-order valence-electron chi connectivity index (χ2n) is 15.6. The molecule has 13 nitrogen and oxygen atoms in total. The Kier molecular flexibility index (Phi) is 17.7. The number of anilines is 1. The van der Waals surface area contributed by atoms with E-state index in [-0.39, 0.29) is 36.3 Å². The van der Waals surface area contributed by atoms with E-state index < -0.39 is 46.7 Å². The number of nitrogens with zero attached hydrogens (tertiary/aromatic N) is 4. The Morgan fingerprint density at radius 2 is 1.34 bits per heavy atom. The molecule has 0 spiro atoms. The third-order valence-corrected chi connectivity index (χ3v) is 11.5. The average Bonchev–Trinajstić information content (AvgIpc) is 3.60. The Labute approximate surface area is 322 Å². The molecule has 1 aromatic rings. The molecule has 1 aromatic heterocycles. The summed E-state index contributed by atoms with van der Waals surface area (Å²) in [4.78, 5) is 57.8. The summed E-state index contributed by atoms with van der Waals surface area (Å²) in [7, 11) is 0. The molecule has 14 heteroatoms. The van der Waals surface area contributed by atoms with E-state index in [1.165, 1.54) is 13.8 Å². The van der Waals surface area contributed by atoms with Crippen LogP contribution in [0.4, 0.5) is 5.82 Å². The largest absolute Gasteiger partial charge is 0.472 e. The molecule has 1 aliphatic heterocycles.